The van der Waals surface area contributed by atoms with Crippen molar-refractivity contribution >= 4 is 23.0 Å². The van der Waals surface area contributed by atoms with Crippen LogP contribution in [0.15, 0.2) is 30.6 Å². The molecule has 0 aliphatic heterocycles. The fourth-order valence-corrected chi connectivity index (χ4v) is 1.53. The van der Waals surface area contributed by atoms with Crippen LogP contribution in [0, 0.1) is 5.82 Å². The van der Waals surface area contributed by atoms with Crippen LogP contribution in [0.5, 0.6) is 0 Å². The van der Waals surface area contributed by atoms with Gasteiger partial charge in [-0.3, -0.25) is 0 Å². The van der Waals surface area contributed by atoms with E-state index >= 15 is 0 Å². The SMILES string of the molecule is CC(C)(C)NNc1ncnc(Nc2ccccc2F)c1N. The summed E-state index contributed by atoms with van der Waals surface area (Å²) in [6, 6.07) is 6.31. The standard InChI is InChI=1S/C14H19FN6/c1-14(2,3)21-20-13-11(16)12(17-8-18-13)19-10-7-5-4-6-9(10)15/h4-8,21H,16H2,1-3H3,(H2,17,18,19,20). The van der Waals surface area contributed by atoms with Gasteiger partial charge in [-0.2, -0.15) is 0 Å². The van der Waals surface area contributed by atoms with Crippen LogP contribution >= 0.6 is 0 Å². The minimum atomic E-state index is -0.377. The molecule has 0 fully saturated rings. The molecule has 112 valence electrons. The third-order valence-electron chi connectivity index (χ3n) is 2.57. The van der Waals surface area contributed by atoms with Gasteiger partial charge in [0.15, 0.2) is 11.6 Å². The van der Waals surface area contributed by atoms with Gasteiger partial charge in [0.2, 0.25) is 0 Å². The van der Waals surface area contributed by atoms with E-state index in [9.17, 15) is 4.39 Å². The van der Waals surface area contributed by atoms with Gasteiger partial charge < -0.3 is 16.5 Å². The number of hydrogen-bond acceptors (Lipinski definition) is 6. The molecule has 1 aromatic heterocycles. The first-order valence-electron chi connectivity index (χ1n) is 6.52. The predicted molar refractivity (Wildman–Crippen MR) is 82.6 cm³/mol. The summed E-state index contributed by atoms with van der Waals surface area (Å²) < 4.78 is 13.6. The first-order valence-corrected chi connectivity index (χ1v) is 6.52. The van der Waals surface area contributed by atoms with E-state index in [-0.39, 0.29) is 11.4 Å². The predicted octanol–water partition coefficient (Wildman–Crippen LogP) is 2.66. The maximum absolute atomic E-state index is 13.6. The van der Waals surface area contributed by atoms with Crippen molar-refractivity contribution in [3.8, 4) is 0 Å². The average molecular weight is 290 g/mol. The van der Waals surface area contributed by atoms with E-state index in [0.717, 1.165) is 0 Å². The Labute approximate surface area is 123 Å². The first-order chi connectivity index (χ1) is 9.87. The molecule has 6 nitrogen and oxygen atoms in total. The number of aromatic nitrogens is 2. The average Bonchev–Trinajstić information content (AvgIpc) is 2.41. The normalized spacial score (nSPS) is 11.2. The van der Waals surface area contributed by atoms with E-state index in [1.54, 1.807) is 18.2 Å². The second kappa shape index (κ2) is 5.92. The fraction of sp³-hybridized carbons (Fsp3) is 0.286. The highest BCUT2D eigenvalue weighted by molar-refractivity contribution is 5.77. The quantitative estimate of drug-likeness (QED) is 0.648. The minimum absolute atomic E-state index is 0.156. The van der Waals surface area contributed by atoms with Crippen molar-refractivity contribution in [2.45, 2.75) is 26.3 Å². The van der Waals surface area contributed by atoms with E-state index in [4.69, 9.17) is 5.73 Å². The maximum atomic E-state index is 13.6. The molecule has 2 aromatic rings. The number of nitrogens with zero attached hydrogens (tertiary/aromatic N) is 2. The van der Waals surface area contributed by atoms with E-state index < -0.39 is 0 Å². The number of rotatable bonds is 4. The number of hydrazine groups is 1. The van der Waals surface area contributed by atoms with Crippen molar-refractivity contribution < 1.29 is 4.39 Å². The highest BCUT2D eigenvalue weighted by Gasteiger charge is 2.13. The monoisotopic (exact) mass is 290 g/mol. The number of para-hydroxylation sites is 1. The van der Waals surface area contributed by atoms with Gasteiger partial charge in [0.25, 0.3) is 0 Å². The Morgan fingerprint density at radius 1 is 1.10 bits per heavy atom. The summed E-state index contributed by atoms with van der Waals surface area (Å²) in [6.45, 7) is 5.99. The van der Waals surface area contributed by atoms with Crippen LogP contribution in [0.1, 0.15) is 20.8 Å². The number of benzene rings is 1. The van der Waals surface area contributed by atoms with Gasteiger partial charge in [0.1, 0.15) is 17.8 Å². The number of nitrogens with one attached hydrogen (secondary N) is 3. The van der Waals surface area contributed by atoms with Crippen LogP contribution in [0.2, 0.25) is 0 Å². The lowest BCUT2D eigenvalue weighted by Crippen LogP contribution is -2.40. The second-order valence-corrected chi connectivity index (χ2v) is 5.59. The van der Waals surface area contributed by atoms with E-state index in [1.807, 2.05) is 20.8 Å². The van der Waals surface area contributed by atoms with Gasteiger partial charge in [-0.25, -0.2) is 19.8 Å². The van der Waals surface area contributed by atoms with Gasteiger partial charge >= 0.3 is 0 Å². The lowest BCUT2D eigenvalue weighted by Gasteiger charge is -2.22. The molecule has 0 spiro atoms. The van der Waals surface area contributed by atoms with Gasteiger partial charge in [-0.1, -0.05) is 12.1 Å². The molecule has 0 aliphatic carbocycles. The Morgan fingerprint density at radius 3 is 2.43 bits per heavy atom. The summed E-state index contributed by atoms with van der Waals surface area (Å²) in [7, 11) is 0. The molecule has 7 heteroatoms. The smallest absolute Gasteiger partial charge is 0.169 e. The molecule has 0 aliphatic rings. The molecule has 0 saturated carbocycles. The van der Waals surface area contributed by atoms with Gasteiger partial charge in [-0.15, -0.1) is 0 Å². The molecule has 0 unspecified atom stereocenters. The molecule has 0 atom stereocenters. The Kier molecular flexibility index (Phi) is 4.23. The molecule has 2 rings (SSSR count). The zero-order valence-corrected chi connectivity index (χ0v) is 12.2. The van der Waals surface area contributed by atoms with Crippen molar-refractivity contribution in [3.05, 3.63) is 36.4 Å². The van der Waals surface area contributed by atoms with Crippen LogP contribution in [0.3, 0.4) is 0 Å². The highest BCUT2D eigenvalue weighted by atomic mass is 19.1. The van der Waals surface area contributed by atoms with E-state index in [1.165, 1.54) is 12.4 Å². The lowest BCUT2D eigenvalue weighted by atomic mass is 10.1. The highest BCUT2D eigenvalue weighted by Crippen LogP contribution is 2.26. The number of hydrogen-bond donors (Lipinski definition) is 4. The molecular formula is C14H19FN6. The molecule has 1 heterocycles. The lowest BCUT2D eigenvalue weighted by molar-refractivity contribution is 0.464. The summed E-state index contributed by atoms with van der Waals surface area (Å²) in [5.74, 6) is 0.393. The van der Waals surface area contributed by atoms with Crippen molar-refractivity contribution in [3.63, 3.8) is 0 Å². The summed E-state index contributed by atoms with van der Waals surface area (Å²) in [6.07, 6.45) is 1.35. The van der Waals surface area contributed by atoms with Crippen molar-refractivity contribution in [1.82, 2.24) is 15.4 Å². The molecule has 0 amide bonds. The third kappa shape index (κ3) is 4.03. The number of halogens is 1. The second-order valence-electron chi connectivity index (χ2n) is 5.59. The minimum Gasteiger partial charge on any atom is -0.393 e. The van der Waals surface area contributed by atoms with Crippen LogP contribution in [0.25, 0.3) is 0 Å². The fourth-order valence-electron chi connectivity index (χ4n) is 1.53. The molecule has 0 bridgehead atoms. The third-order valence-corrected chi connectivity index (χ3v) is 2.57. The zero-order valence-electron chi connectivity index (χ0n) is 12.2. The summed E-state index contributed by atoms with van der Waals surface area (Å²) in [5, 5.41) is 2.86. The summed E-state index contributed by atoms with van der Waals surface area (Å²) in [5.41, 5.74) is 12.4. The number of anilines is 4. The maximum Gasteiger partial charge on any atom is 0.169 e. The topological polar surface area (TPSA) is 87.9 Å². The summed E-state index contributed by atoms with van der Waals surface area (Å²) in [4.78, 5) is 8.10. The van der Waals surface area contributed by atoms with Crippen molar-refractivity contribution in [2.24, 2.45) is 0 Å². The Bertz CT molecular complexity index is 623. The Hall–Kier alpha value is -2.41. The number of nitrogens with two attached hydrogens (primary N) is 1. The Balaban J connectivity index is 2.20. The van der Waals surface area contributed by atoms with Crippen molar-refractivity contribution in [2.75, 3.05) is 16.5 Å². The Morgan fingerprint density at radius 2 is 1.76 bits per heavy atom. The molecule has 21 heavy (non-hydrogen) atoms. The van der Waals surface area contributed by atoms with Crippen LogP contribution < -0.4 is 21.9 Å². The van der Waals surface area contributed by atoms with Gasteiger partial charge in [0, 0.05) is 5.54 Å². The van der Waals surface area contributed by atoms with Crippen molar-refractivity contribution in [1.29, 1.82) is 0 Å². The van der Waals surface area contributed by atoms with Crippen LogP contribution in [-0.4, -0.2) is 15.5 Å². The largest absolute Gasteiger partial charge is 0.393 e. The molecule has 1 aromatic carbocycles. The van der Waals surface area contributed by atoms with E-state index in [2.05, 4.69) is 26.1 Å². The van der Waals surface area contributed by atoms with E-state index in [0.29, 0.717) is 23.0 Å². The molecule has 5 N–H and O–H groups in total. The molecule has 0 saturated heterocycles. The first kappa shape index (κ1) is 15.0. The van der Waals surface area contributed by atoms with Crippen LogP contribution in [-0.2, 0) is 0 Å². The number of nitrogen functional groups attached to an aromatic ring is 1. The molecule has 0 radical (unpaired) electrons. The van der Waals surface area contributed by atoms with Gasteiger partial charge in [-0.05, 0) is 32.9 Å². The molecular weight excluding hydrogens is 271 g/mol. The zero-order chi connectivity index (χ0) is 15.5. The summed E-state index contributed by atoms with van der Waals surface area (Å²) >= 11 is 0. The van der Waals surface area contributed by atoms with Crippen LogP contribution in [0.4, 0.5) is 27.4 Å². The van der Waals surface area contributed by atoms with Gasteiger partial charge in [0.05, 0.1) is 5.69 Å².